The highest BCUT2D eigenvalue weighted by Crippen LogP contribution is 2.31. The second-order valence-corrected chi connectivity index (χ2v) is 6.18. The topological polar surface area (TPSA) is 55.6 Å². The van der Waals surface area contributed by atoms with Crippen LogP contribution in [0.2, 0.25) is 5.02 Å². The summed E-state index contributed by atoms with van der Waals surface area (Å²) in [6, 6.07) is 5.54. The van der Waals surface area contributed by atoms with Crippen molar-refractivity contribution in [2.75, 3.05) is 13.2 Å². The summed E-state index contributed by atoms with van der Waals surface area (Å²) in [6.45, 7) is 2.36. The summed E-state index contributed by atoms with van der Waals surface area (Å²) in [5.74, 6) is 0. The first kappa shape index (κ1) is 14.8. The van der Waals surface area contributed by atoms with Gasteiger partial charge in [0.05, 0.1) is 17.6 Å². The maximum absolute atomic E-state index is 11.0. The number of ether oxygens (including phenoxy) is 1. The Balaban J connectivity index is 1.76. The molecule has 0 bridgehead atoms. The molecule has 1 aromatic carbocycles. The molecule has 1 aliphatic heterocycles. The van der Waals surface area contributed by atoms with Gasteiger partial charge in [-0.25, -0.2) is 0 Å². The smallest absolute Gasteiger partial charge is 0.288 e. The van der Waals surface area contributed by atoms with Crippen LogP contribution in [0, 0.1) is 10.1 Å². The van der Waals surface area contributed by atoms with Crippen molar-refractivity contribution in [3.05, 3.63) is 38.9 Å². The van der Waals surface area contributed by atoms with E-state index in [9.17, 15) is 10.1 Å². The highest BCUT2D eigenvalue weighted by Gasteiger charge is 2.34. The first-order valence-electron chi connectivity index (χ1n) is 7.43. The summed E-state index contributed by atoms with van der Waals surface area (Å²) in [5, 5.41) is 11.2. The van der Waals surface area contributed by atoms with Gasteiger partial charge in [-0.15, -0.1) is 0 Å². The van der Waals surface area contributed by atoms with Crippen LogP contribution in [-0.2, 0) is 11.3 Å². The minimum atomic E-state index is -0.422. The van der Waals surface area contributed by atoms with Crippen molar-refractivity contribution < 1.29 is 9.66 Å². The molecular formula is C15H19ClN2O3. The molecule has 1 aliphatic carbocycles. The third kappa shape index (κ3) is 3.20. The second kappa shape index (κ2) is 6.30. The van der Waals surface area contributed by atoms with E-state index >= 15 is 0 Å². The summed E-state index contributed by atoms with van der Waals surface area (Å²) in [5.41, 5.74) is 0.931. The zero-order chi connectivity index (χ0) is 14.8. The lowest BCUT2D eigenvalue weighted by Gasteiger charge is -2.43. The molecule has 1 heterocycles. The molecule has 6 heteroatoms. The van der Waals surface area contributed by atoms with Crippen LogP contribution >= 0.6 is 11.6 Å². The molecule has 114 valence electrons. The van der Waals surface area contributed by atoms with Crippen LogP contribution in [0.15, 0.2) is 18.2 Å². The molecule has 2 aliphatic rings. The van der Waals surface area contributed by atoms with Gasteiger partial charge in [-0.3, -0.25) is 15.0 Å². The Bertz CT molecular complexity index is 536. The van der Waals surface area contributed by atoms with Gasteiger partial charge >= 0.3 is 0 Å². The van der Waals surface area contributed by atoms with E-state index in [0.717, 1.165) is 38.1 Å². The van der Waals surface area contributed by atoms with Crippen LogP contribution in [0.1, 0.15) is 31.2 Å². The van der Waals surface area contributed by atoms with Crippen LogP contribution in [-0.4, -0.2) is 35.1 Å². The summed E-state index contributed by atoms with van der Waals surface area (Å²) < 4.78 is 5.86. The molecule has 0 N–H and O–H groups in total. The van der Waals surface area contributed by atoms with Crippen molar-refractivity contribution in [1.82, 2.24) is 4.90 Å². The van der Waals surface area contributed by atoms with Gasteiger partial charge in [-0.05, 0) is 24.5 Å². The van der Waals surface area contributed by atoms with Gasteiger partial charge in [0.2, 0.25) is 0 Å². The molecule has 0 spiro atoms. The zero-order valence-electron chi connectivity index (χ0n) is 11.8. The van der Waals surface area contributed by atoms with Crippen molar-refractivity contribution in [2.45, 2.75) is 44.4 Å². The quantitative estimate of drug-likeness (QED) is 0.634. The van der Waals surface area contributed by atoms with Gasteiger partial charge in [-0.1, -0.05) is 30.5 Å². The second-order valence-electron chi connectivity index (χ2n) is 5.77. The van der Waals surface area contributed by atoms with Gasteiger partial charge in [0.1, 0.15) is 5.02 Å². The Hall–Kier alpha value is -1.17. The van der Waals surface area contributed by atoms with Gasteiger partial charge in [-0.2, -0.15) is 0 Å². The predicted molar refractivity (Wildman–Crippen MR) is 80.5 cm³/mol. The van der Waals surface area contributed by atoms with Crippen molar-refractivity contribution in [3.63, 3.8) is 0 Å². The maximum atomic E-state index is 11.0. The van der Waals surface area contributed by atoms with E-state index < -0.39 is 4.92 Å². The molecule has 21 heavy (non-hydrogen) atoms. The number of hydrogen-bond acceptors (Lipinski definition) is 4. The minimum absolute atomic E-state index is 0.0115. The highest BCUT2D eigenvalue weighted by molar-refractivity contribution is 6.32. The molecule has 3 rings (SSSR count). The van der Waals surface area contributed by atoms with E-state index in [4.69, 9.17) is 16.3 Å². The number of benzene rings is 1. The maximum Gasteiger partial charge on any atom is 0.288 e. The fourth-order valence-electron chi connectivity index (χ4n) is 3.40. The van der Waals surface area contributed by atoms with E-state index in [2.05, 4.69) is 4.90 Å². The number of nitro groups is 1. The molecule has 1 saturated heterocycles. The molecule has 2 atom stereocenters. The van der Waals surface area contributed by atoms with E-state index in [1.807, 2.05) is 6.07 Å². The van der Waals surface area contributed by atoms with Crippen LogP contribution in [0.25, 0.3) is 0 Å². The number of nitrogens with zero attached hydrogens (tertiary/aromatic N) is 2. The Labute approximate surface area is 129 Å². The molecule has 0 unspecified atom stereocenters. The molecule has 0 aromatic heterocycles. The number of morpholine rings is 1. The van der Waals surface area contributed by atoms with Crippen molar-refractivity contribution >= 4 is 17.3 Å². The molecule has 5 nitrogen and oxygen atoms in total. The largest absolute Gasteiger partial charge is 0.375 e. The number of nitro benzene ring substituents is 1. The fraction of sp³-hybridized carbons (Fsp3) is 0.600. The van der Waals surface area contributed by atoms with Crippen LogP contribution in [0.4, 0.5) is 5.69 Å². The third-order valence-corrected chi connectivity index (χ3v) is 4.76. The highest BCUT2D eigenvalue weighted by atomic mass is 35.5. The summed E-state index contributed by atoms with van der Waals surface area (Å²) >= 11 is 5.87. The van der Waals surface area contributed by atoms with E-state index in [1.54, 1.807) is 12.1 Å². The molecule has 0 amide bonds. The van der Waals surface area contributed by atoms with Gasteiger partial charge in [0.25, 0.3) is 5.69 Å². The van der Waals surface area contributed by atoms with Gasteiger partial charge in [0.15, 0.2) is 0 Å². The summed E-state index contributed by atoms with van der Waals surface area (Å²) in [6.07, 6.45) is 5.08. The summed E-state index contributed by atoms with van der Waals surface area (Å²) in [7, 11) is 0. The first-order valence-corrected chi connectivity index (χ1v) is 7.81. The lowest BCUT2D eigenvalue weighted by atomic mass is 9.90. The number of halogens is 1. The monoisotopic (exact) mass is 310 g/mol. The average Bonchev–Trinajstić information content (AvgIpc) is 2.49. The predicted octanol–water partition coefficient (Wildman–Crippen LogP) is 3.39. The minimum Gasteiger partial charge on any atom is -0.375 e. The van der Waals surface area contributed by atoms with Crippen LogP contribution < -0.4 is 0 Å². The third-order valence-electron chi connectivity index (χ3n) is 4.44. The van der Waals surface area contributed by atoms with Crippen LogP contribution in [0.3, 0.4) is 0 Å². The van der Waals surface area contributed by atoms with Crippen molar-refractivity contribution in [3.8, 4) is 0 Å². The lowest BCUT2D eigenvalue weighted by Crippen LogP contribution is -2.52. The standard InChI is InChI=1S/C15H19ClN2O3/c16-12-6-5-11(9-14(12)18(19)20)10-17-7-8-21-15-4-2-1-3-13(15)17/h5-6,9,13,15H,1-4,7-8,10H2/t13-,15+/m0/s1. The number of fused-ring (bicyclic) bond motifs is 1. The first-order chi connectivity index (χ1) is 10.1. The molecule has 1 aromatic rings. The molecular weight excluding hydrogens is 292 g/mol. The van der Waals surface area contributed by atoms with Gasteiger partial charge < -0.3 is 4.74 Å². The zero-order valence-corrected chi connectivity index (χ0v) is 12.6. The Kier molecular flexibility index (Phi) is 4.42. The number of rotatable bonds is 3. The molecule has 2 fully saturated rings. The Morgan fingerprint density at radius 3 is 3.00 bits per heavy atom. The van der Waals surface area contributed by atoms with E-state index in [-0.39, 0.29) is 10.7 Å². The molecule has 0 radical (unpaired) electrons. The van der Waals surface area contributed by atoms with E-state index in [0.29, 0.717) is 12.1 Å². The lowest BCUT2D eigenvalue weighted by molar-refractivity contribution is -0.384. The van der Waals surface area contributed by atoms with Gasteiger partial charge in [0, 0.05) is 25.2 Å². The van der Waals surface area contributed by atoms with Crippen LogP contribution in [0.5, 0.6) is 0 Å². The van der Waals surface area contributed by atoms with Crippen molar-refractivity contribution in [1.29, 1.82) is 0 Å². The fourth-order valence-corrected chi connectivity index (χ4v) is 3.59. The Morgan fingerprint density at radius 2 is 2.19 bits per heavy atom. The average molecular weight is 311 g/mol. The summed E-state index contributed by atoms with van der Waals surface area (Å²) in [4.78, 5) is 13.0. The van der Waals surface area contributed by atoms with E-state index in [1.165, 1.54) is 12.8 Å². The SMILES string of the molecule is O=[N+]([O-])c1cc(CN2CCO[C@@H]3CCCC[C@@H]32)ccc1Cl. The number of hydrogen-bond donors (Lipinski definition) is 0. The Morgan fingerprint density at radius 1 is 1.38 bits per heavy atom. The molecule has 1 saturated carbocycles. The normalized spacial score (nSPS) is 26.3. The van der Waals surface area contributed by atoms with Crippen molar-refractivity contribution in [2.24, 2.45) is 0 Å².